The van der Waals surface area contributed by atoms with E-state index in [1.54, 1.807) is 30.3 Å². The van der Waals surface area contributed by atoms with Crippen molar-refractivity contribution in [2.24, 2.45) is 0 Å². The average molecular weight is 328 g/mol. The highest BCUT2D eigenvalue weighted by Crippen LogP contribution is 2.24. The van der Waals surface area contributed by atoms with Crippen LogP contribution in [0.4, 0.5) is 0 Å². The Hall–Kier alpha value is -1.55. The molecule has 1 aliphatic heterocycles. The lowest BCUT2D eigenvalue weighted by Crippen LogP contribution is -2.59. The quantitative estimate of drug-likeness (QED) is 0.396. The minimum absolute atomic E-state index is 0.514. The number of hydrogen-bond donors (Lipinski definition) is 5. The fraction of sp³-hybridized carbons (Fsp3) is 0.533. The largest absolute Gasteiger partial charge is 0.432 e. The third-order valence-corrected chi connectivity index (χ3v) is 3.75. The first-order valence-electron chi connectivity index (χ1n) is 7.16. The van der Waals surface area contributed by atoms with Gasteiger partial charge in [0.1, 0.15) is 30.3 Å². The maximum absolute atomic E-state index is 12.2. The van der Waals surface area contributed by atoms with Gasteiger partial charge in [-0.1, -0.05) is 30.3 Å². The van der Waals surface area contributed by atoms with Gasteiger partial charge in [0.15, 0.2) is 0 Å². The predicted molar refractivity (Wildman–Crippen MR) is 76.1 cm³/mol. The van der Waals surface area contributed by atoms with Gasteiger partial charge in [-0.25, -0.2) is 0 Å². The summed E-state index contributed by atoms with van der Waals surface area (Å²) in [5, 5.41) is 47.7. The molecule has 2 rings (SSSR count). The van der Waals surface area contributed by atoms with Crippen LogP contribution in [0.2, 0.25) is 0 Å². The molecule has 1 fully saturated rings. The Morgan fingerprint density at radius 2 is 1.74 bits per heavy atom. The Balaban J connectivity index is 2.09. The van der Waals surface area contributed by atoms with E-state index in [2.05, 4.69) is 0 Å². The average Bonchev–Trinajstić information content (AvgIpc) is 2.57. The van der Waals surface area contributed by atoms with Gasteiger partial charge in [-0.15, -0.1) is 0 Å². The Morgan fingerprint density at radius 3 is 2.30 bits per heavy atom. The third kappa shape index (κ3) is 3.86. The molecular formula is C15H20O8. The van der Waals surface area contributed by atoms with Gasteiger partial charge in [0, 0.05) is 0 Å². The lowest BCUT2D eigenvalue weighted by molar-refractivity contribution is -0.293. The Bertz CT molecular complexity index is 505. The zero-order valence-corrected chi connectivity index (χ0v) is 12.2. The van der Waals surface area contributed by atoms with Crippen LogP contribution in [0.3, 0.4) is 0 Å². The molecule has 1 heterocycles. The molecular weight excluding hydrogens is 308 g/mol. The second kappa shape index (κ2) is 7.82. The van der Waals surface area contributed by atoms with Crippen molar-refractivity contribution in [2.45, 2.75) is 36.6 Å². The molecule has 1 aliphatic rings. The minimum Gasteiger partial charge on any atom is -0.432 e. The van der Waals surface area contributed by atoms with Gasteiger partial charge >= 0.3 is 5.97 Å². The number of ether oxygens (including phenoxy) is 2. The van der Waals surface area contributed by atoms with Gasteiger partial charge in [0.05, 0.1) is 13.2 Å². The zero-order chi connectivity index (χ0) is 17.0. The van der Waals surface area contributed by atoms with E-state index in [4.69, 9.17) is 14.6 Å². The van der Waals surface area contributed by atoms with Crippen molar-refractivity contribution >= 4 is 5.97 Å². The molecule has 0 spiro atoms. The molecule has 0 radical (unpaired) electrons. The fourth-order valence-electron chi connectivity index (χ4n) is 2.36. The minimum atomic E-state index is -1.67. The van der Waals surface area contributed by atoms with Crippen molar-refractivity contribution < 1.29 is 39.8 Å². The molecule has 0 bridgehead atoms. The summed E-state index contributed by atoms with van der Waals surface area (Å²) in [5.74, 6) is -1.84. The van der Waals surface area contributed by atoms with Crippen LogP contribution in [0, 0.1) is 0 Å². The van der Waals surface area contributed by atoms with Crippen LogP contribution >= 0.6 is 0 Å². The van der Waals surface area contributed by atoms with E-state index in [1.165, 1.54) is 0 Å². The van der Waals surface area contributed by atoms with E-state index in [1.807, 2.05) is 0 Å². The Morgan fingerprint density at radius 1 is 1.09 bits per heavy atom. The number of hydrogen-bond acceptors (Lipinski definition) is 8. The molecule has 0 saturated carbocycles. The molecule has 6 unspecified atom stereocenters. The molecule has 5 N–H and O–H groups in total. The van der Waals surface area contributed by atoms with Gasteiger partial charge < -0.3 is 35.0 Å². The van der Waals surface area contributed by atoms with Crippen molar-refractivity contribution in [3.63, 3.8) is 0 Å². The molecule has 8 heteroatoms. The fourth-order valence-corrected chi connectivity index (χ4v) is 2.36. The summed E-state index contributed by atoms with van der Waals surface area (Å²) in [6.45, 7) is -1.14. The van der Waals surface area contributed by atoms with Crippen LogP contribution in [-0.2, 0) is 14.3 Å². The molecule has 1 aromatic rings. The van der Waals surface area contributed by atoms with Crippen LogP contribution in [0.1, 0.15) is 11.5 Å². The summed E-state index contributed by atoms with van der Waals surface area (Å²) in [6.07, 6.45) is -7.58. The maximum atomic E-state index is 12.2. The van der Waals surface area contributed by atoms with Gasteiger partial charge in [0.25, 0.3) is 0 Å². The van der Waals surface area contributed by atoms with Crippen LogP contribution < -0.4 is 0 Å². The molecule has 0 aliphatic carbocycles. The van der Waals surface area contributed by atoms with Crippen molar-refractivity contribution in [3.05, 3.63) is 35.9 Å². The lowest BCUT2D eigenvalue weighted by atomic mass is 9.98. The van der Waals surface area contributed by atoms with Crippen LogP contribution in [0.25, 0.3) is 0 Å². The van der Waals surface area contributed by atoms with Crippen molar-refractivity contribution in [2.75, 3.05) is 13.2 Å². The van der Waals surface area contributed by atoms with Crippen molar-refractivity contribution in [1.29, 1.82) is 0 Å². The molecule has 128 valence electrons. The van der Waals surface area contributed by atoms with E-state index in [-0.39, 0.29) is 0 Å². The maximum Gasteiger partial charge on any atom is 0.318 e. The summed E-state index contributed by atoms with van der Waals surface area (Å²) in [5.41, 5.74) is 0.518. The third-order valence-electron chi connectivity index (χ3n) is 3.75. The van der Waals surface area contributed by atoms with E-state index in [9.17, 15) is 25.2 Å². The van der Waals surface area contributed by atoms with E-state index >= 15 is 0 Å². The van der Waals surface area contributed by atoms with Crippen molar-refractivity contribution in [3.8, 4) is 0 Å². The van der Waals surface area contributed by atoms with Crippen LogP contribution in [0.5, 0.6) is 0 Å². The normalized spacial score (nSPS) is 32.3. The first kappa shape index (κ1) is 17.8. The van der Waals surface area contributed by atoms with Crippen LogP contribution in [-0.4, -0.2) is 75.4 Å². The van der Waals surface area contributed by atoms with Gasteiger partial charge in [-0.05, 0) is 5.56 Å². The number of esters is 1. The van der Waals surface area contributed by atoms with E-state index in [0.29, 0.717) is 5.56 Å². The van der Waals surface area contributed by atoms with Gasteiger partial charge in [0.2, 0.25) is 6.29 Å². The number of carbonyl (C=O) groups excluding carboxylic acids is 1. The molecule has 0 aromatic heterocycles. The number of aliphatic hydroxyl groups is 5. The molecule has 23 heavy (non-hydrogen) atoms. The van der Waals surface area contributed by atoms with Gasteiger partial charge in [-0.3, -0.25) is 4.79 Å². The molecule has 6 atom stereocenters. The monoisotopic (exact) mass is 328 g/mol. The summed E-state index contributed by atoms with van der Waals surface area (Å²) >= 11 is 0. The second-order valence-corrected chi connectivity index (χ2v) is 5.28. The molecule has 8 nitrogen and oxygen atoms in total. The topological polar surface area (TPSA) is 137 Å². The molecule has 0 amide bonds. The highest BCUT2D eigenvalue weighted by atomic mass is 16.7. The number of aliphatic hydroxyl groups excluding tert-OH is 5. The summed E-state index contributed by atoms with van der Waals surface area (Å²) in [4.78, 5) is 12.2. The summed E-state index contributed by atoms with van der Waals surface area (Å²) in [7, 11) is 0. The zero-order valence-electron chi connectivity index (χ0n) is 12.2. The molecule has 1 saturated heterocycles. The highest BCUT2D eigenvalue weighted by molar-refractivity contribution is 5.78. The summed E-state index contributed by atoms with van der Waals surface area (Å²) < 4.78 is 10.1. The number of carbonyl (C=O) groups is 1. The first-order valence-corrected chi connectivity index (χ1v) is 7.16. The number of rotatable bonds is 5. The lowest BCUT2D eigenvalue weighted by Gasteiger charge is -2.39. The smallest absolute Gasteiger partial charge is 0.318 e. The SMILES string of the molecule is O=C(OC1OC(CO)C(O)C(O)C1O)C(CO)c1ccccc1. The van der Waals surface area contributed by atoms with Crippen LogP contribution in [0.15, 0.2) is 30.3 Å². The van der Waals surface area contributed by atoms with E-state index < -0.39 is 55.8 Å². The summed E-state index contributed by atoms with van der Waals surface area (Å²) in [6, 6.07) is 8.41. The van der Waals surface area contributed by atoms with E-state index in [0.717, 1.165) is 0 Å². The second-order valence-electron chi connectivity index (χ2n) is 5.28. The Labute approximate surface area is 132 Å². The predicted octanol–water partition coefficient (Wildman–Crippen LogP) is -1.89. The van der Waals surface area contributed by atoms with Gasteiger partial charge in [-0.2, -0.15) is 0 Å². The van der Waals surface area contributed by atoms with Crippen molar-refractivity contribution in [1.82, 2.24) is 0 Å². The molecule has 1 aromatic carbocycles. The highest BCUT2D eigenvalue weighted by Gasteiger charge is 2.45. The first-order chi connectivity index (χ1) is 11.0. The standard InChI is InChI=1S/C15H20O8/c16-6-9(8-4-2-1-3-5-8)14(21)23-15-13(20)12(19)11(18)10(7-17)22-15/h1-5,9-13,15-20H,6-7H2. The number of benzene rings is 1. The Kier molecular flexibility index (Phi) is 6.05.